The second kappa shape index (κ2) is 8.32. The van der Waals surface area contributed by atoms with E-state index in [2.05, 4.69) is 31.0 Å². The van der Waals surface area contributed by atoms with Gasteiger partial charge in [-0.1, -0.05) is 46.0 Å². The van der Waals surface area contributed by atoms with Crippen LogP contribution in [0.5, 0.6) is 0 Å². The maximum absolute atomic E-state index is 4.10. The second-order valence-electron chi connectivity index (χ2n) is 4.62. The molecule has 0 aliphatic heterocycles. The van der Waals surface area contributed by atoms with Gasteiger partial charge in [-0.15, -0.1) is 0 Å². The molecule has 1 heterocycles. The average molecular weight is 219 g/mol. The summed E-state index contributed by atoms with van der Waals surface area (Å²) in [5.74, 6) is 0.754. The summed E-state index contributed by atoms with van der Waals surface area (Å²) in [6, 6.07) is 4.36. The Bertz CT molecular complexity index is 255. The van der Waals surface area contributed by atoms with Gasteiger partial charge in [0.1, 0.15) is 0 Å². The van der Waals surface area contributed by atoms with Gasteiger partial charge in [-0.2, -0.15) is 0 Å². The predicted molar refractivity (Wildman–Crippen MR) is 70.6 cm³/mol. The van der Waals surface area contributed by atoms with E-state index in [4.69, 9.17) is 0 Å². The molecule has 1 atom stereocenters. The van der Waals surface area contributed by atoms with Gasteiger partial charge in [0.25, 0.3) is 0 Å². The molecule has 90 valence electrons. The van der Waals surface area contributed by atoms with Crippen molar-refractivity contribution in [1.82, 2.24) is 4.98 Å². The molecule has 0 aromatic carbocycles. The minimum atomic E-state index is 0.754. The maximum atomic E-state index is 4.10. The van der Waals surface area contributed by atoms with Crippen LogP contribution < -0.4 is 0 Å². The first-order chi connectivity index (χ1) is 7.88. The van der Waals surface area contributed by atoms with Gasteiger partial charge in [-0.05, 0) is 36.5 Å². The Morgan fingerprint density at radius 1 is 0.938 bits per heavy atom. The van der Waals surface area contributed by atoms with Crippen molar-refractivity contribution in [1.29, 1.82) is 0 Å². The Morgan fingerprint density at radius 3 is 2.31 bits per heavy atom. The maximum Gasteiger partial charge on any atom is 0.0270 e. The van der Waals surface area contributed by atoms with Crippen LogP contribution >= 0.6 is 0 Å². The van der Waals surface area contributed by atoms with Crippen LogP contribution in [0.4, 0.5) is 0 Å². The van der Waals surface area contributed by atoms with Crippen molar-refractivity contribution in [2.24, 2.45) is 0 Å². The summed E-state index contributed by atoms with van der Waals surface area (Å²) in [7, 11) is 0. The number of rotatable bonds is 8. The van der Waals surface area contributed by atoms with E-state index in [0.717, 1.165) is 5.92 Å². The summed E-state index contributed by atoms with van der Waals surface area (Å²) in [5.41, 5.74) is 1.48. The Hall–Kier alpha value is -0.850. The fraction of sp³-hybridized carbons (Fsp3) is 0.667. The zero-order chi connectivity index (χ0) is 11.6. The first kappa shape index (κ1) is 13.2. The number of nitrogens with zero attached hydrogens (tertiary/aromatic N) is 1. The van der Waals surface area contributed by atoms with Crippen molar-refractivity contribution >= 4 is 0 Å². The molecule has 0 spiro atoms. The highest BCUT2D eigenvalue weighted by Gasteiger charge is 2.09. The molecular formula is C15H25N. The van der Waals surface area contributed by atoms with Gasteiger partial charge in [-0.25, -0.2) is 0 Å². The van der Waals surface area contributed by atoms with Crippen molar-refractivity contribution < 1.29 is 0 Å². The van der Waals surface area contributed by atoms with Gasteiger partial charge in [0.15, 0.2) is 0 Å². The molecule has 0 radical (unpaired) electrons. The fourth-order valence-corrected chi connectivity index (χ4v) is 2.28. The molecule has 1 heteroatoms. The van der Waals surface area contributed by atoms with E-state index in [1.165, 1.54) is 50.5 Å². The third-order valence-corrected chi connectivity index (χ3v) is 3.22. The van der Waals surface area contributed by atoms with Crippen LogP contribution in [0.2, 0.25) is 0 Å². The first-order valence-corrected chi connectivity index (χ1v) is 6.78. The lowest BCUT2D eigenvalue weighted by atomic mass is 9.90. The van der Waals surface area contributed by atoms with Crippen LogP contribution in [0, 0.1) is 0 Å². The van der Waals surface area contributed by atoms with E-state index in [1.54, 1.807) is 0 Å². The van der Waals surface area contributed by atoms with E-state index in [1.807, 2.05) is 12.4 Å². The lowest BCUT2D eigenvalue weighted by molar-refractivity contribution is 0.521. The standard InChI is InChI=1S/C15H25N/c1-3-5-6-7-9-14(8-4-2)15-10-12-16-13-11-15/h10-14H,3-9H2,1-2H3. The molecule has 0 aliphatic carbocycles. The molecular weight excluding hydrogens is 194 g/mol. The second-order valence-corrected chi connectivity index (χ2v) is 4.62. The minimum Gasteiger partial charge on any atom is -0.265 e. The smallest absolute Gasteiger partial charge is 0.0270 e. The van der Waals surface area contributed by atoms with Gasteiger partial charge < -0.3 is 0 Å². The monoisotopic (exact) mass is 219 g/mol. The summed E-state index contributed by atoms with van der Waals surface area (Å²) >= 11 is 0. The van der Waals surface area contributed by atoms with Crippen LogP contribution in [0.1, 0.15) is 70.3 Å². The van der Waals surface area contributed by atoms with Crippen LogP contribution in [-0.2, 0) is 0 Å². The molecule has 1 nitrogen and oxygen atoms in total. The van der Waals surface area contributed by atoms with Crippen molar-refractivity contribution in [3.63, 3.8) is 0 Å². The summed E-state index contributed by atoms with van der Waals surface area (Å²) < 4.78 is 0. The molecule has 0 saturated carbocycles. The number of aromatic nitrogens is 1. The highest BCUT2D eigenvalue weighted by Crippen LogP contribution is 2.26. The number of hydrogen-bond donors (Lipinski definition) is 0. The van der Waals surface area contributed by atoms with Crippen LogP contribution in [0.3, 0.4) is 0 Å². The van der Waals surface area contributed by atoms with Gasteiger partial charge >= 0.3 is 0 Å². The molecule has 0 aliphatic rings. The number of pyridine rings is 1. The molecule has 0 N–H and O–H groups in total. The zero-order valence-corrected chi connectivity index (χ0v) is 10.8. The van der Waals surface area contributed by atoms with E-state index in [0.29, 0.717) is 0 Å². The predicted octanol–water partition coefficient (Wildman–Crippen LogP) is 4.94. The fourth-order valence-electron chi connectivity index (χ4n) is 2.28. The van der Waals surface area contributed by atoms with Gasteiger partial charge in [-0.3, -0.25) is 4.98 Å². The molecule has 1 unspecified atom stereocenters. The van der Waals surface area contributed by atoms with Gasteiger partial charge in [0, 0.05) is 12.4 Å². The average Bonchev–Trinajstić information content (AvgIpc) is 2.34. The Labute approximate surface area is 100 Å². The molecule has 1 aromatic heterocycles. The van der Waals surface area contributed by atoms with Crippen LogP contribution in [0.25, 0.3) is 0 Å². The molecule has 0 fully saturated rings. The number of unbranched alkanes of at least 4 members (excludes halogenated alkanes) is 3. The van der Waals surface area contributed by atoms with E-state index >= 15 is 0 Å². The van der Waals surface area contributed by atoms with Crippen LogP contribution in [0.15, 0.2) is 24.5 Å². The SMILES string of the molecule is CCCCCCC(CCC)c1ccncc1. The first-order valence-electron chi connectivity index (χ1n) is 6.78. The molecule has 1 aromatic rings. The summed E-state index contributed by atoms with van der Waals surface area (Å²) in [5, 5.41) is 0. The quantitative estimate of drug-likeness (QED) is 0.565. The highest BCUT2D eigenvalue weighted by molar-refractivity contribution is 5.15. The summed E-state index contributed by atoms with van der Waals surface area (Å²) in [4.78, 5) is 4.10. The highest BCUT2D eigenvalue weighted by atomic mass is 14.6. The van der Waals surface area contributed by atoms with Gasteiger partial charge in [0.2, 0.25) is 0 Å². The van der Waals surface area contributed by atoms with E-state index in [9.17, 15) is 0 Å². The third kappa shape index (κ3) is 4.78. The Balaban J connectivity index is 2.41. The molecule has 16 heavy (non-hydrogen) atoms. The zero-order valence-electron chi connectivity index (χ0n) is 10.8. The third-order valence-electron chi connectivity index (χ3n) is 3.22. The van der Waals surface area contributed by atoms with E-state index in [-0.39, 0.29) is 0 Å². The van der Waals surface area contributed by atoms with Crippen molar-refractivity contribution in [2.75, 3.05) is 0 Å². The van der Waals surface area contributed by atoms with Crippen molar-refractivity contribution in [3.05, 3.63) is 30.1 Å². The molecule has 1 rings (SSSR count). The topological polar surface area (TPSA) is 12.9 Å². The lowest BCUT2D eigenvalue weighted by Crippen LogP contribution is -1.99. The Morgan fingerprint density at radius 2 is 1.69 bits per heavy atom. The molecule has 0 saturated heterocycles. The summed E-state index contributed by atoms with van der Waals surface area (Å²) in [6.45, 7) is 4.55. The normalized spacial score (nSPS) is 12.6. The van der Waals surface area contributed by atoms with Crippen LogP contribution in [-0.4, -0.2) is 4.98 Å². The van der Waals surface area contributed by atoms with E-state index < -0.39 is 0 Å². The van der Waals surface area contributed by atoms with Crippen molar-refractivity contribution in [2.45, 2.75) is 64.7 Å². The molecule has 0 bridgehead atoms. The minimum absolute atomic E-state index is 0.754. The number of hydrogen-bond acceptors (Lipinski definition) is 1. The van der Waals surface area contributed by atoms with Crippen molar-refractivity contribution in [3.8, 4) is 0 Å². The molecule has 0 amide bonds. The lowest BCUT2D eigenvalue weighted by Gasteiger charge is -2.16. The largest absolute Gasteiger partial charge is 0.265 e. The Kier molecular flexibility index (Phi) is 6.87. The van der Waals surface area contributed by atoms with Gasteiger partial charge in [0.05, 0.1) is 0 Å². The summed E-state index contributed by atoms with van der Waals surface area (Å²) in [6.07, 6.45) is 13.3.